The molecule has 0 aliphatic heterocycles. The number of carbonyl (C=O) groups is 1. The lowest BCUT2D eigenvalue weighted by Gasteiger charge is -2.51. The van der Waals surface area contributed by atoms with Gasteiger partial charge in [-0.1, -0.05) is 71.4 Å². The SMILES string of the molecule is CC(C)[C@H](C)C=C[C@@H](C)[C@H]1CCC2=C3C=CC4=CC(=O)CC[C@]4(C)[C@H]3CC[C@@]21C. The topological polar surface area (TPSA) is 17.1 Å². The van der Waals surface area contributed by atoms with Crippen molar-refractivity contribution in [1.82, 2.24) is 0 Å². The first-order valence-electron chi connectivity index (χ1n) is 12.0. The van der Waals surface area contributed by atoms with Crippen LogP contribution in [-0.4, -0.2) is 5.78 Å². The largest absolute Gasteiger partial charge is 0.295 e. The Balaban J connectivity index is 1.65. The van der Waals surface area contributed by atoms with E-state index in [1.54, 1.807) is 11.1 Å². The number of fused-ring (bicyclic) bond motifs is 4. The number of carbonyl (C=O) groups excluding carboxylic acids is 1. The Labute approximate surface area is 178 Å². The van der Waals surface area contributed by atoms with Gasteiger partial charge in [0.25, 0.3) is 0 Å². The maximum Gasteiger partial charge on any atom is 0.156 e. The number of hydrogen-bond acceptors (Lipinski definition) is 1. The number of allylic oxidation sites excluding steroid dienone is 8. The molecule has 6 atom stereocenters. The molecule has 4 aliphatic rings. The van der Waals surface area contributed by atoms with Crippen molar-refractivity contribution in [2.45, 2.75) is 80.1 Å². The van der Waals surface area contributed by atoms with Crippen LogP contribution in [-0.2, 0) is 4.79 Å². The zero-order valence-electron chi connectivity index (χ0n) is 19.4. The minimum Gasteiger partial charge on any atom is -0.295 e. The van der Waals surface area contributed by atoms with Gasteiger partial charge in [0.15, 0.2) is 5.78 Å². The first kappa shape index (κ1) is 20.9. The van der Waals surface area contributed by atoms with Crippen molar-refractivity contribution in [2.75, 3.05) is 0 Å². The fraction of sp³-hybridized carbons (Fsp3) is 0.679. The molecule has 0 radical (unpaired) electrons. The third kappa shape index (κ3) is 3.33. The molecule has 0 aromatic carbocycles. The lowest BCUT2D eigenvalue weighted by Crippen LogP contribution is -2.41. The molecule has 0 amide bonds. The van der Waals surface area contributed by atoms with E-state index < -0.39 is 0 Å². The lowest BCUT2D eigenvalue weighted by atomic mass is 9.53. The molecule has 0 heterocycles. The van der Waals surface area contributed by atoms with Crippen LogP contribution in [0.4, 0.5) is 0 Å². The van der Waals surface area contributed by atoms with Crippen molar-refractivity contribution in [3.05, 3.63) is 47.1 Å². The normalized spacial score (nSPS) is 38.7. The minimum absolute atomic E-state index is 0.169. The minimum atomic E-state index is 0.169. The summed E-state index contributed by atoms with van der Waals surface area (Å²) in [5, 5.41) is 0. The Morgan fingerprint density at radius 1 is 0.966 bits per heavy atom. The highest BCUT2D eigenvalue weighted by Crippen LogP contribution is 2.63. The van der Waals surface area contributed by atoms with Crippen LogP contribution in [0.15, 0.2) is 47.1 Å². The smallest absolute Gasteiger partial charge is 0.156 e. The van der Waals surface area contributed by atoms with Gasteiger partial charge in [0.2, 0.25) is 0 Å². The molecule has 0 spiro atoms. The van der Waals surface area contributed by atoms with E-state index in [4.69, 9.17) is 0 Å². The van der Waals surface area contributed by atoms with Crippen molar-refractivity contribution in [1.29, 1.82) is 0 Å². The molecular formula is C28H40O. The van der Waals surface area contributed by atoms with Gasteiger partial charge in [-0.05, 0) is 89.7 Å². The van der Waals surface area contributed by atoms with Gasteiger partial charge >= 0.3 is 0 Å². The molecule has 0 unspecified atom stereocenters. The van der Waals surface area contributed by atoms with E-state index in [9.17, 15) is 4.79 Å². The predicted octanol–water partition coefficient (Wildman–Crippen LogP) is 7.46. The van der Waals surface area contributed by atoms with Gasteiger partial charge < -0.3 is 0 Å². The van der Waals surface area contributed by atoms with E-state index in [2.05, 4.69) is 65.8 Å². The Hall–Kier alpha value is -1.37. The monoisotopic (exact) mass is 392 g/mol. The third-order valence-corrected chi connectivity index (χ3v) is 9.37. The molecule has 1 fully saturated rings. The van der Waals surface area contributed by atoms with Crippen LogP contribution in [0.5, 0.6) is 0 Å². The summed E-state index contributed by atoms with van der Waals surface area (Å²) in [5.41, 5.74) is 5.21. The van der Waals surface area contributed by atoms with E-state index in [0.29, 0.717) is 34.9 Å². The summed E-state index contributed by atoms with van der Waals surface area (Å²) in [6, 6.07) is 0. The Morgan fingerprint density at radius 2 is 1.72 bits per heavy atom. The Kier molecular flexibility index (Phi) is 5.33. The highest BCUT2D eigenvalue weighted by molar-refractivity contribution is 5.92. The molecular weight excluding hydrogens is 352 g/mol. The number of hydrogen-bond donors (Lipinski definition) is 0. The maximum atomic E-state index is 12.0. The van der Waals surface area contributed by atoms with Crippen molar-refractivity contribution in [3.63, 3.8) is 0 Å². The highest BCUT2D eigenvalue weighted by atomic mass is 16.1. The van der Waals surface area contributed by atoms with E-state index in [1.165, 1.54) is 31.3 Å². The molecule has 0 bridgehead atoms. The maximum absolute atomic E-state index is 12.0. The van der Waals surface area contributed by atoms with Gasteiger partial charge in [0.05, 0.1) is 0 Å². The second kappa shape index (κ2) is 7.40. The van der Waals surface area contributed by atoms with Crippen LogP contribution >= 0.6 is 0 Å². The van der Waals surface area contributed by atoms with Gasteiger partial charge in [-0.25, -0.2) is 0 Å². The summed E-state index contributed by atoms with van der Waals surface area (Å²) in [5.74, 6) is 3.69. The van der Waals surface area contributed by atoms with E-state index >= 15 is 0 Å². The summed E-state index contributed by atoms with van der Waals surface area (Å²) >= 11 is 0. The van der Waals surface area contributed by atoms with E-state index in [0.717, 1.165) is 18.8 Å². The third-order valence-electron chi connectivity index (χ3n) is 9.37. The molecule has 29 heavy (non-hydrogen) atoms. The Morgan fingerprint density at radius 3 is 2.45 bits per heavy atom. The fourth-order valence-electron chi connectivity index (χ4n) is 6.91. The van der Waals surface area contributed by atoms with Gasteiger partial charge in [0.1, 0.15) is 0 Å². The fourth-order valence-corrected chi connectivity index (χ4v) is 6.91. The average molecular weight is 393 g/mol. The molecule has 0 saturated heterocycles. The molecule has 158 valence electrons. The van der Waals surface area contributed by atoms with Crippen molar-refractivity contribution < 1.29 is 4.79 Å². The van der Waals surface area contributed by atoms with Gasteiger partial charge in [-0.15, -0.1) is 0 Å². The Bertz CT molecular complexity index is 806. The number of rotatable bonds is 4. The average Bonchev–Trinajstić information content (AvgIpc) is 3.03. The second-order valence-corrected chi connectivity index (χ2v) is 11.3. The van der Waals surface area contributed by atoms with Crippen molar-refractivity contribution in [3.8, 4) is 0 Å². The molecule has 0 aromatic rings. The lowest BCUT2D eigenvalue weighted by molar-refractivity contribution is -0.116. The molecule has 4 rings (SSSR count). The van der Waals surface area contributed by atoms with Crippen molar-refractivity contribution in [2.24, 2.45) is 40.4 Å². The van der Waals surface area contributed by atoms with Gasteiger partial charge in [0, 0.05) is 6.42 Å². The molecule has 0 aromatic heterocycles. The van der Waals surface area contributed by atoms with Gasteiger partial charge in [-0.3, -0.25) is 4.79 Å². The highest BCUT2D eigenvalue weighted by Gasteiger charge is 2.53. The van der Waals surface area contributed by atoms with E-state index in [1.807, 2.05) is 6.08 Å². The summed E-state index contributed by atoms with van der Waals surface area (Å²) in [6.07, 6.45) is 18.5. The van der Waals surface area contributed by atoms with Crippen LogP contribution in [0.2, 0.25) is 0 Å². The number of ketones is 1. The zero-order chi connectivity index (χ0) is 21.0. The molecule has 1 heteroatoms. The van der Waals surface area contributed by atoms with Crippen LogP contribution < -0.4 is 0 Å². The zero-order valence-corrected chi connectivity index (χ0v) is 19.4. The van der Waals surface area contributed by atoms with Crippen LogP contribution in [0.1, 0.15) is 80.1 Å². The first-order chi connectivity index (χ1) is 13.7. The van der Waals surface area contributed by atoms with Gasteiger partial charge in [-0.2, -0.15) is 0 Å². The standard InChI is InChI=1S/C28H40O/c1-18(2)19(3)7-8-20(4)24-11-12-25-23-10-9-21-17-22(29)13-15-27(21,5)26(23)14-16-28(24,25)6/h7-10,17-20,24,26H,11-16H2,1-6H3/t19-,20-,24-,26+,27+,28-/m1/s1. The summed E-state index contributed by atoms with van der Waals surface area (Å²) in [6.45, 7) is 14.4. The summed E-state index contributed by atoms with van der Waals surface area (Å²) in [4.78, 5) is 12.0. The van der Waals surface area contributed by atoms with Crippen LogP contribution in [0, 0.1) is 40.4 Å². The second-order valence-electron chi connectivity index (χ2n) is 11.3. The quantitative estimate of drug-likeness (QED) is 0.454. The van der Waals surface area contributed by atoms with Crippen LogP contribution in [0.3, 0.4) is 0 Å². The summed E-state index contributed by atoms with van der Waals surface area (Å²) in [7, 11) is 0. The van der Waals surface area contributed by atoms with E-state index in [-0.39, 0.29) is 5.41 Å². The van der Waals surface area contributed by atoms with Crippen LogP contribution in [0.25, 0.3) is 0 Å². The molecule has 0 N–H and O–H groups in total. The van der Waals surface area contributed by atoms with Crippen molar-refractivity contribution >= 4 is 5.78 Å². The summed E-state index contributed by atoms with van der Waals surface area (Å²) < 4.78 is 0. The molecule has 1 saturated carbocycles. The first-order valence-corrected chi connectivity index (χ1v) is 12.0. The molecule has 1 nitrogen and oxygen atoms in total. The predicted molar refractivity (Wildman–Crippen MR) is 122 cm³/mol. The molecule has 4 aliphatic carbocycles.